The van der Waals surface area contributed by atoms with Crippen molar-refractivity contribution in [1.82, 2.24) is 5.32 Å². The first kappa shape index (κ1) is 15.8. The van der Waals surface area contributed by atoms with Gasteiger partial charge in [0.15, 0.2) is 0 Å². The van der Waals surface area contributed by atoms with Crippen LogP contribution in [0, 0.1) is 6.08 Å². The van der Waals surface area contributed by atoms with Crippen molar-refractivity contribution in [3.8, 4) is 0 Å². The summed E-state index contributed by atoms with van der Waals surface area (Å²) in [4.78, 5) is 34.0. The molecule has 2 aliphatic rings. The molecule has 0 spiro atoms. The minimum Gasteiger partial charge on any atom is -0.699 e. The molecule has 5 nitrogen and oxygen atoms in total. The number of nitrogens with zero attached hydrogens (tertiary/aromatic N) is 1. The van der Waals surface area contributed by atoms with Crippen LogP contribution >= 0.6 is 0 Å². The number of allylic oxidation sites excluding steroid dienone is 2. The van der Waals surface area contributed by atoms with Crippen molar-refractivity contribution >= 4 is 17.7 Å². The fourth-order valence-corrected chi connectivity index (χ4v) is 1.76. The first-order valence-electron chi connectivity index (χ1n) is 5.63. The Bertz CT molecular complexity index is 474. The Labute approximate surface area is 124 Å². The van der Waals surface area contributed by atoms with Crippen molar-refractivity contribution in [3.05, 3.63) is 28.9 Å². The summed E-state index contributed by atoms with van der Waals surface area (Å²) in [6.45, 7) is 0. The summed E-state index contributed by atoms with van der Waals surface area (Å²) < 4.78 is 12.9. The predicted molar refractivity (Wildman–Crippen MR) is 59.7 cm³/mol. The van der Waals surface area contributed by atoms with E-state index in [-0.39, 0.29) is 51.8 Å². The van der Waals surface area contributed by atoms with Crippen LogP contribution in [0.25, 0.3) is 5.32 Å². The summed E-state index contributed by atoms with van der Waals surface area (Å²) in [7, 11) is 0. The zero-order chi connectivity index (χ0) is 13.1. The number of hydrogen-bond donors (Lipinski definition) is 1. The smallest absolute Gasteiger partial charge is 0.699 e. The van der Waals surface area contributed by atoms with Gasteiger partial charge in [-0.1, -0.05) is 6.42 Å². The Morgan fingerprint density at radius 2 is 2.16 bits per heavy atom. The average molecular weight is 434 g/mol. The Morgan fingerprint density at radius 1 is 1.42 bits per heavy atom. The van der Waals surface area contributed by atoms with E-state index in [1.807, 2.05) is 0 Å². The molecule has 0 saturated carbocycles. The van der Waals surface area contributed by atoms with Crippen LogP contribution in [-0.4, -0.2) is 23.8 Å². The van der Waals surface area contributed by atoms with Crippen LogP contribution in [0.5, 0.6) is 0 Å². The molecule has 19 heavy (non-hydrogen) atoms. The quantitative estimate of drug-likeness (QED) is 0.522. The van der Waals surface area contributed by atoms with Crippen LogP contribution < -0.4 is 5.32 Å². The summed E-state index contributed by atoms with van der Waals surface area (Å²) in [5.74, 6) is -2.10. The first-order valence-corrected chi connectivity index (χ1v) is 5.63. The third kappa shape index (κ3) is 4.10. The van der Waals surface area contributed by atoms with Gasteiger partial charge in [-0.05, 0) is 24.8 Å². The van der Waals surface area contributed by atoms with Crippen LogP contribution in [-0.2, 0) is 35.4 Å². The Balaban J connectivity index is 0.00000180. The zero-order valence-corrected chi connectivity index (χ0v) is 12.9. The molecule has 0 aromatic rings. The number of carbonyl (C=O) groups is 3. The number of nitrogens with one attached hydrogen (secondary N) is 1. The molecular formula is C12H11FN2O3W. The molecule has 1 saturated heterocycles. The van der Waals surface area contributed by atoms with Gasteiger partial charge in [-0.3, -0.25) is 14.9 Å². The molecule has 0 bridgehead atoms. The van der Waals surface area contributed by atoms with E-state index in [1.165, 1.54) is 0 Å². The van der Waals surface area contributed by atoms with Crippen LogP contribution in [0.4, 0.5) is 4.39 Å². The van der Waals surface area contributed by atoms with E-state index in [0.29, 0.717) is 6.42 Å². The molecular weight excluding hydrogens is 423 g/mol. The predicted octanol–water partition coefficient (Wildman–Crippen LogP) is 1.07. The number of piperidine rings is 1. The van der Waals surface area contributed by atoms with Crippen molar-refractivity contribution < 1.29 is 39.8 Å². The average Bonchev–Trinajstić information content (AvgIpc) is 2.32. The minimum absolute atomic E-state index is 0. The van der Waals surface area contributed by atoms with Gasteiger partial charge in [0.05, 0.1) is 0 Å². The summed E-state index contributed by atoms with van der Waals surface area (Å²) >= 11 is 0. The number of carbonyl (C=O) groups excluding carboxylic acids is 3. The van der Waals surface area contributed by atoms with Crippen molar-refractivity contribution in [2.24, 2.45) is 0 Å². The van der Waals surface area contributed by atoms with E-state index in [2.05, 4.69) is 16.7 Å². The SMILES string of the molecule is O=C1CCC([N-]C(=O)C2=CCCC(F)=[C-]2)C(=O)N1.[W+2]. The van der Waals surface area contributed by atoms with Crippen LogP contribution in [0.15, 0.2) is 17.5 Å². The van der Waals surface area contributed by atoms with E-state index in [9.17, 15) is 18.8 Å². The fourth-order valence-electron chi connectivity index (χ4n) is 1.76. The summed E-state index contributed by atoms with van der Waals surface area (Å²) in [5.41, 5.74) is 0.0449. The molecule has 3 amide bonds. The van der Waals surface area contributed by atoms with Gasteiger partial charge in [0.2, 0.25) is 11.8 Å². The molecule has 100 valence electrons. The summed E-state index contributed by atoms with van der Waals surface area (Å²) in [6.07, 6.45) is 4.85. The normalized spacial score (nSPS) is 22.7. The van der Waals surface area contributed by atoms with Crippen molar-refractivity contribution in [2.45, 2.75) is 31.7 Å². The molecule has 2 rings (SSSR count). The van der Waals surface area contributed by atoms with Crippen LogP contribution in [0.3, 0.4) is 0 Å². The molecule has 1 N–H and O–H groups in total. The fraction of sp³-hybridized carbons (Fsp3) is 0.417. The number of imide groups is 1. The number of rotatable bonds is 2. The molecule has 1 atom stereocenters. The number of hydrogen-bond acceptors (Lipinski definition) is 3. The van der Waals surface area contributed by atoms with Gasteiger partial charge < -0.3 is 10.1 Å². The molecule has 1 unspecified atom stereocenters. The number of halogens is 1. The summed E-state index contributed by atoms with van der Waals surface area (Å²) in [6, 6.07) is -0.872. The zero-order valence-electron chi connectivity index (χ0n) is 9.94. The second-order valence-corrected chi connectivity index (χ2v) is 4.09. The van der Waals surface area contributed by atoms with Crippen molar-refractivity contribution in [2.75, 3.05) is 0 Å². The van der Waals surface area contributed by atoms with E-state index in [4.69, 9.17) is 0 Å². The minimum atomic E-state index is -0.872. The van der Waals surface area contributed by atoms with E-state index in [1.54, 1.807) is 6.08 Å². The molecule has 7 heteroatoms. The summed E-state index contributed by atoms with van der Waals surface area (Å²) in [5, 5.41) is 5.80. The molecule has 1 aliphatic heterocycles. The Hall–Kier alpha value is -1.29. The molecule has 0 radical (unpaired) electrons. The molecule has 1 fully saturated rings. The van der Waals surface area contributed by atoms with Gasteiger partial charge in [-0.2, -0.15) is 11.6 Å². The third-order valence-electron chi connectivity index (χ3n) is 2.70. The standard InChI is InChI=1S/C12H12FN2O3.W/c13-8-3-1-2-7(6-8)11(17)14-9-4-5-10(16)15-12(9)18;/h2,9H,1,3-5H2,(H2,14,15,16,17,18);/q-1;+2/p-1. The second-order valence-electron chi connectivity index (χ2n) is 4.09. The maximum atomic E-state index is 12.9. The van der Waals surface area contributed by atoms with Crippen LogP contribution in [0.2, 0.25) is 0 Å². The van der Waals surface area contributed by atoms with E-state index in [0.717, 1.165) is 0 Å². The molecule has 0 aromatic carbocycles. The van der Waals surface area contributed by atoms with Gasteiger partial charge in [-0.15, -0.1) is 6.08 Å². The second kappa shape index (κ2) is 6.75. The molecule has 1 heterocycles. The van der Waals surface area contributed by atoms with Gasteiger partial charge in [-0.25, -0.2) is 4.39 Å². The first-order chi connectivity index (χ1) is 8.56. The molecule has 0 aromatic heterocycles. The maximum Gasteiger partial charge on any atom is 2.00 e. The topological polar surface area (TPSA) is 77.3 Å². The van der Waals surface area contributed by atoms with Gasteiger partial charge in [0.25, 0.3) is 0 Å². The van der Waals surface area contributed by atoms with Gasteiger partial charge in [0, 0.05) is 12.2 Å². The van der Waals surface area contributed by atoms with E-state index < -0.39 is 23.7 Å². The van der Waals surface area contributed by atoms with Gasteiger partial charge >= 0.3 is 21.1 Å². The molecule has 1 aliphatic carbocycles. The van der Waals surface area contributed by atoms with Crippen molar-refractivity contribution in [1.29, 1.82) is 0 Å². The Kier molecular flexibility index (Phi) is 5.60. The van der Waals surface area contributed by atoms with Gasteiger partial charge in [0.1, 0.15) is 0 Å². The van der Waals surface area contributed by atoms with Crippen molar-refractivity contribution in [3.63, 3.8) is 0 Å². The monoisotopic (exact) mass is 434 g/mol. The largest absolute Gasteiger partial charge is 2.00 e. The Morgan fingerprint density at radius 3 is 2.79 bits per heavy atom. The van der Waals surface area contributed by atoms with Crippen LogP contribution in [0.1, 0.15) is 25.7 Å². The third-order valence-corrected chi connectivity index (χ3v) is 2.70. The number of amides is 3. The maximum absolute atomic E-state index is 12.9. The van der Waals surface area contributed by atoms with E-state index >= 15 is 0 Å².